The highest BCUT2D eigenvalue weighted by Gasteiger charge is 2.35. The monoisotopic (exact) mass is 356 g/mol. The molecule has 0 aliphatic carbocycles. The van der Waals surface area contributed by atoms with Crippen LogP contribution in [0.3, 0.4) is 0 Å². The van der Waals surface area contributed by atoms with E-state index in [0.717, 1.165) is 5.56 Å². The summed E-state index contributed by atoms with van der Waals surface area (Å²) in [4.78, 5) is 25.0. The van der Waals surface area contributed by atoms with E-state index in [2.05, 4.69) is 24.5 Å². The third kappa shape index (κ3) is 4.91. The number of carbonyl (C=O) groups excluding carboxylic acids is 2. The summed E-state index contributed by atoms with van der Waals surface area (Å²) >= 11 is 0. The van der Waals surface area contributed by atoms with Gasteiger partial charge in [-0.2, -0.15) is 0 Å². The van der Waals surface area contributed by atoms with Gasteiger partial charge in [-0.15, -0.1) is 0 Å². The van der Waals surface area contributed by atoms with Gasteiger partial charge in [0.15, 0.2) is 0 Å². The number of benzene rings is 2. The molecule has 0 fully saturated rings. The molecule has 0 aliphatic heterocycles. The van der Waals surface area contributed by atoms with Crippen molar-refractivity contribution in [3.05, 3.63) is 65.5 Å². The van der Waals surface area contributed by atoms with E-state index in [0.29, 0.717) is 11.6 Å². The van der Waals surface area contributed by atoms with Gasteiger partial charge in [-0.05, 0) is 55.2 Å². The normalized spacial score (nSPS) is 11.3. The number of hydrogen-bond donors (Lipinski definition) is 2. The Balaban J connectivity index is 1.96. The molecule has 138 valence electrons. The summed E-state index contributed by atoms with van der Waals surface area (Å²) < 4.78 is 12.9. The summed E-state index contributed by atoms with van der Waals surface area (Å²) in [5.74, 6) is -0.693. The van der Waals surface area contributed by atoms with Gasteiger partial charge >= 0.3 is 0 Å². The molecule has 2 aromatic carbocycles. The second-order valence-corrected chi connectivity index (χ2v) is 7.16. The van der Waals surface area contributed by atoms with E-state index in [9.17, 15) is 14.0 Å². The van der Waals surface area contributed by atoms with Crippen molar-refractivity contribution in [1.82, 2.24) is 5.32 Å². The number of carbonyl (C=O) groups is 2. The standard InChI is InChI=1S/C21H25FN2O2/c1-14(2)16-7-11-18(12-8-16)24-20(26)21(3,4)19(25)23-13-15-5-9-17(22)10-6-15/h5-12,14H,13H2,1-4H3,(H,23,25)(H,24,26). The number of amides is 2. The molecule has 0 atom stereocenters. The maximum atomic E-state index is 12.9. The van der Waals surface area contributed by atoms with Crippen LogP contribution in [0.4, 0.5) is 10.1 Å². The van der Waals surface area contributed by atoms with Crippen LogP contribution in [-0.4, -0.2) is 11.8 Å². The van der Waals surface area contributed by atoms with E-state index in [1.54, 1.807) is 26.0 Å². The first-order chi connectivity index (χ1) is 12.2. The molecule has 0 heterocycles. The van der Waals surface area contributed by atoms with Crippen molar-refractivity contribution in [2.75, 3.05) is 5.32 Å². The summed E-state index contributed by atoms with van der Waals surface area (Å²) in [6.45, 7) is 7.58. The summed E-state index contributed by atoms with van der Waals surface area (Å²) in [5.41, 5.74) is 1.36. The molecule has 0 spiro atoms. The van der Waals surface area contributed by atoms with Gasteiger partial charge in [0.1, 0.15) is 11.2 Å². The summed E-state index contributed by atoms with van der Waals surface area (Å²) in [5, 5.41) is 5.51. The van der Waals surface area contributed by atoms with Crippen LogP contribution in [0.1, 0.15) is 44.7 Å². The number of anilines is 1. The van der Waals surface area contributed by atoms with Crippen molar-refractivity contribution in [2.45, 2.75) is 40.2 Å². The average molecular weight is 356 g/mol. The Hall–Kier alpha value is -2.69. The lowest BCUT2D eigenvalue weighted by atomic mass is 9.90. The fourth-order valence-electron chi connectivity index (χ4n) is 2.35. The molecule has 5 heteroatoms. The van der Waals surface area contributed by atoms with Crippen molar-refractivity contribution in [3.8, 4) is 0 Å². The van der Waals surface area contributed by atoms with Crippen molar-refractivity contribution in [1.29, 1.82) is 0 Å². The number of nitrogens with one attached hydrogen (secondary N) is 2. The maximum Gasteiger partial charge on any atom is 0.239 e. The van der Waals surface area contributed by atoms with Crippen molar-refractivity contribution in [2.24, 2.45) is 5.41 Å². The zero-order chi connectivity index (χ0) is 19.3. The zero-order valence-corrected chi connectivity index (χ0v) is 15.6. The number of hydrogen-bond acceptors (Lipinski definition) is 2. The Morgan fingerprint density at radius 1 is 0.962 bits per heavy atom. The van der Waals surface area contributed by atoms with Crippen LogP contribution in [0.5, 0.6) is 0 Å². The first-order valence-electron chi connectivity index (χ1n) is 8.64. The topological polar surface area (TPSA) is 58.2 Å². The fraction of sp³-hybridized carbons (Fsp3) is 0.333. The minimum Gasteiger partial charge on any atom is -0.351 e. The Labute approximate surface area is 153 Å². The zero-order valence-electron chi connectivity index (χ0n) is 15.6. The van der Waals surface area contributed by atoms with Gasteiger partial charge in [0.2, 0.25) is 11.8 Å². The first-order valence-corrected chi connectivity index (χ1v) is 8.64. The predicted octanol–water partition coefficient (Wildman–Crippen LogP) is 4.23. The molecule has 2 rings (SSSR count). The minimum atomic E-state index is -1.24. The second kappa shape index (κ2) is 8.13. The quantitative estimate of drug-likeness (QED) is 0.761. The molecule has 0 aromatic heterocycles. The highest BCUT2D eigenvalue weighted by Crippen LogP contribution is 2.21. The van der Waals surface area contributed by atoms with Crippen molar-refractivity contribution >= 4 is 17.5 Å². The predicted molar refractivity (Wildman–Crippen MR) is 101 cm³/mol. The van der Waals surface area contributed by atoms with E-state index in [-0.39, 0.29) is 18.3 Å². The SMILES string of the molecule is CC(C)c1ccc(NC(=O)C(C)(C)C(=O)NCc2ccc(F)cc2)cc1. The van der Waals surface area contributed by atoms with E-state index in [1.165, 1.54) is 17.7 Å². The smallest absolute Gasteiger partial charge is 0.239 e. The largest absolute Gasteiger partial charge is 0.351 e. The molecule has 0 saturated carbocycles. The minimum absolute atomic E-state index is 0.235. The maximum absolute atomic E-state index is 12.9. The number of rotatable bonds is 6. The molecule has 0 unspecified atom stereocenters. The molecule has 0 aliphatic rings. The van der Waals surface area contributed by atoms with Gasteiger partial charge in [-0.25, -0.2) is 4.39 Å². The van der Waals surface area contributed by atoms with Gasteiger partial charge in [0.05, 0.1) is 0 Å². The van der Waals surface area contributed by atoms with Gasteiger partial charge in [-0.1, -0.05) is 38.1 Å². The molecular formula is C21H25FN2O2. The van der Waals surface area contributed by atoms with Gasteiger partial charge in [0, 0.05) is 12.2 Å². The van der Waals surface area contributed by atoms with E-state index in [1.807, 2.05) is 24.3 Å². The van der Waals surface area contributed by atoms with Crippen LogP contribution < -0.4 is 10.6 Å². The highest BCUT2D eigenvalue weighted by atomic mass is 19.1. The third-order valence-electron chi connectivity index (χ3n) is 4.34. The molecule has 2 amide bonds. The molecule has 26 heavy (non-hydrogen) atoms. The van der Waals surface area contributed by atoms with E-state index in [4.69, 9.17) is 0 Å². The van der Waals surface area contributed by atoms with Gasteiger partial charge < -0.3 is 10.6 Å². The molecule has 0 saturated heterocycles. The van der Waals surface area contributed by atoms with Crippen molar-refractivity contribution < 1.29 is 14.0 Å². The fourth-order valence-corrected chi connectivity index (χ4v) is 2.35. The molecule has 2 N–H and O–H groups in total. The van der Waals surface area contributed by atoms with Crippen LogP contribution in [0.2, 0.25) is 0 Å². The van der Waals surface area contributed by atoms with Crippen LogP contribution >= 0.6 is 0 Å². The lowest BCUT2D eigenvalue weighted by molar-refractivity contribution is -0.138. The van der Waals surface area contributed by atoms with Gasteiger partial charge in [0.25, 0.3) is 0 Å². The third-order valence-corrected chi connectivity index (χ3v) is 4.34. The molecule has 2 aromatic rings. The van der Waals surface area contributed by atoms with E-state index >= 15 is 0 Å². The Kier molecular flexibility index (Phi) is 6.14. The number of halogens is 1. The van der Waals surface area contributed by atoms with Gasteiger partial charge in [-0.3, -0.25) is 9.59 Å². The summed E-state index contributed by atoms with van der Waals surface area (Å²) in [7, 11) is 0. The second-order valence-electron chi connectivity index (χ2n) is 7.16. The highest BCUT2D eigenvalue weighted by molar-refractivity contribution is 6.09. The van der Waals surface area contributed by atoms with Crippen LogP contribution in [0, 0.1) is 11.2 Å². The molecule has 0 radical (unpaired) electrons. The summed E-state index contributed by atoms with van der Waals surface area (Å²) in [6.07, 6.45) is 0. The van der Waals surface area contributed by atoms with Crippen LogP contribution in [0.25, 0.3) is 0 Å². The Morgan fingerprint density at radius 3 is 2.08 bits per heavy atom. The summed E-state index contributed by atoms with van der Waals surface area (Å²) in [6, 6.07) is 13.4. The first kappa shape index (κ1) is 19.6. The molecule has 0 bridgehead atoms. The molecule has 4 nitrogen and oxygen atoms in total. The van der Waals surface area contributed by atoms with Crippen LogP contribution in [0.15, 0.2) is 48.5 Å². The van der Waals surface area contributed by atoms with Crippen LogP contribution in [-0.2, 0) is 16.1 Å². The Bertz CT molecular complexity index is 766. The van der Waals surface area contributed by atoms with E-state index < -0.39 is 11.3 Å². The van der Waals surface area contributed by atoms with Crippen molar-refractivity contribution in [3.63, 3.8) is 0 Å². The lowest BCUT2D eigenvalue weighted by Crippen LogP contribution is -2.44. The average Bonchev–Trinajstić information content (AvgIpc) is 2.61. The lowest BCUT2D eigenvalue weighted by Gasteiger charge is -2.23. The molecular weight excluding hydrogens is 331 g/mol. The Morgan fingerprint density at radius 2 is 1.54 bits per heavy atom.